The summed E-state index contributed by atoms with van der Waals surface area (Å²) in [6.45, 7) is 4.64. The quantitative estimate of drug-likeness (QED) is 0.917. The van der Waals surface area contributed by atoms with Gasteiger partial charge in [-0.05, 0) is 50.1 Å². The Bertz CT molecular complexity index is 647. The van der Waals surface area contributed by atoms with Crippen LogP contribution in [0, 0.1) is 13.8 Å². The summed E-state index contributed by atoms with van der Waals surface area (Å²) in [5, 5.41) is 4.48. The molecule has 0 fully saturated rings. The van der Waals surface area contributed by atoms with Crippen LogP contribution in [0.4, 0.5) is 0 Å². The number of ether oxygens (including phenoxy) is 2. The van der Waals surface area contributed by atoms with E-state index in [-0.39, 0.29) is 0 Å². The molecule has 1 aromatic carbocycles. The van der Waals surface area contributed by atoms with Gasteiger partial charge in [-0.15, -0.1) is 0 Å². The van der Waals surface area contributed by atoms with Crippen molar-refractivity contribution >= 4 is 0 Å². The Kier molecular flexibility index (Phi) is 4.53. The summed E-state index contributed by atoms with van der Waals surface area (Å²) in [5.41, 5.74) is 11.1. The van der Waals surface area contributed by atoms with Gasteiger partial charge in [0.25, 0.3) is 0 Å². The monoisotopic (exact) mass is 289 g/mol. The topological polar surface area (TPSA) is 62.3 Å². The van der Waals surface area contributed by atoms with E-state index in [0.29, 0.717) is 6.54 Å². The number of nitrogens with two attached hydrogens (primary N) is 1. The first-order chi connectivity index (χ1) is 10.0. The van der Waals surface area contributed by atoms with Gasteiger partial charge in [0.1, 0.15) is 0 Å². The number of rotatable bonds is 5. The van der Waals surface area contributed by atoms with Gasteiger partial charge in [-0.2, -0.15) is 5.10 Å². The standard InChI is InChI=1S/C16H23N3O2/c1-10-15(11(2)19(3)18-10)13-8-12(6-7-17)16(21-5)14(9-13)20-4/h8-9H,6-7,17H2,1-5H3. The van der Waals surface area contributed by atoms with E-state index in [2.05, 4.69) is 18.1 Å². The van der Waals surface area contributed by atoms with Crippen LogP contribution in [0.15, 0.2) is 12.1 Å². The van der Waals surface area contributed by atoms with Gasteiger partial charge < -0.3 is 15.2 Å². The molecule has 0 saturated heterocycles. The van der Waals surface area contributed by atoms with Crippen LogP contribution in [0.3, 0.4) is 0 Å². The zero-order valence-corrected chi connectivity index (χ0v) is 13.4. The molecule has 0 spiro atoms. The number of hydrogen-bond donors (Lipinski definition) is 1. The van der Waals surface area contributed by atoms with Gasteiger partial charge in [0, 0.05) is 18.3 Å². The Morgan fingerprint density at radius 3 is 2.38 bits per heavy atom. The summed E-state index contributed by atoms with van der Waals surface area (Å²) in [4.78, 5) is 0. The average Bonchev–Trinajstić information content (AvgIpc) is 2.71. The van der Waals surface area contributed by atoms with E-state index in [1.54, 1.807) is 14.2 Å². The fourth-order valence-corrected chi connectivity index (χ4v) is 2.72. The molecular formula is C16H23N3O2. The first-order valence-electron chi connectivity index (χ1n) is 6.99. The van der Waals surface area contributed by atoms with Crippen LogP contribution in [0.2, 0.25) is 0 Å². The molecule has 0 amide bonds. The van der Waals surface area contributed by atoms with Crippen LogP contribution >= 0.6 is 0 Å². The Hall–Kier alpha value is -2.01. The number of aryl methyl sites for hydroxylation is 2. The summed E-state index contributed by atoms with van der Waals surface area (Å²) in [6, 6.07) is 4.11. The molecule has 0 aliphatic carbocycles. The predicted octanol–water partition coefficient (Wildman–Crippen LogP) is 2.22. The summed E-state index contributed by atoms with van der Waals surface area (Å²) in [6.07, 6.45) is 0.742. The molecule has 0 atom stereocenters. The number of benzene rings is 1. The van der Waals surface area contributed by atoms with E-state index in [1.165, 1.54) is 0 Å². The minimum Gasteiger partial charge on any atom is -0.493 e. The molecule has 2 rings (SSSR count). The first-order valence-corrected chi connectivity index (χ1v) is 6.99. The molecule has 0 radical (unpaired) electrons. The molecule has 0 aliphatic heterocycles. The molecule has 2 aromatic rings. The van der Waals surface area contributed by atoms with Crippen molar-refractivity contribution in [1.82, 2.24) is 9.78 Å². The van der Waals surface area contributed by atoms with Crippen LogP contribution in [0.5, 0.6) is 11.5 Å². The SMILES string of the molecule is COc1cc(-c2c(C)nn(C)c2C)cc(CCN)c1OC. The minimum atomic E-state index is 0.563. The van der Waals surface area contributed by atoms with Crippen molar-refractivity contribution in [3.63, 3.8) is 0 Å². The highest BCUT2D eigenvalue weighted by Crippen LogP contribution is 2.38. The van der Waals surface area contributed by atoms with Crippen molar-refractivity contribution < 1.29 is 9.47 Å². The second kappa shape index (κ2) is 6.18. The Morgan fingerprint density at radius 2 is 1.90 bits per heavy atom. The fraction of sp³-hybridized carbons (Fsp3) is 0.438. The summed E-state index contributed by atoms with van der Waals surface area (Å²) in [5.74, 6) is 1.48. The van der Waals surface area contributed by atoms with Crippen molar-refractivity contribution in [2.24, 2.45) is 12.8 Å². The van der Waals surface area contributed by atoms with E-state index in [9.17, 15) is 0 Å². The second-order valence-corrected chi connectivity index (χ2v) is 5.08. The number of nitrogens with zero attached hydrogens (tertiary/aromatic N) is 2. The van der Waals surface area contributed by atoms with Gasteiger partial charge in [-0.1, -0.05) is 0 Å². The van der Waals surface area contributed by atoms with Gasteiger partial charge in [0.2, 0.25) is 0 Å². The van der Waals surface area contributed by atoms with Crippen molar-refractivity contribution in [3.8, 4) is 22.6 Å². The summed E-state index contributed by atoms with van der Waals surface area (Å²) in [7, 11) is 5.25. The highest BCUT2D eigenvalue weighted by atomic mass is 16.5. The van der Waals surface area contributed by atoms with E-state index in [0.717, 1.165) is 46.0 Å². The number of methoxy groups -OCH3 is 2. The largest absolute Gasteiger partial charge is 0.493 e. The first kappa shape index (κ1) is 15.4. The van der Waals surface area contributed by atoms with Crippen LogP contribution in [0.1, 0.15) is 17.0 Å². The molecular weight excluding hydrogens is 266 g/mol. The third-order valence-electron chi connectivity index (χ3n) is 3.77. The molecule has 1 aromatic heterocycles. The average molecular weight is 289 g/mol. The molecule has 5 nitrogen and oxygen atoms in total. The number of hydrogen-bond acceptors (Lipinski definition) is 4. The molecule has 5 heteroatoms. The van der Waals surface area contributed by atoms with Gasteiger partial charge in [-0.3, -0.25) is 4.68 Å². The van der Waals surface area contributed by atoms with Crippen molar-refractivity contribution in [2.45, 2.75) is 20.3 Å². The Labute approximate surface area is 125 Å². The fourth-order valence-electron chi connectivity index (χ4n) is 2.72. The van der Waals surface area contributed by atoms with Crippen LogP contribution in [-0.2, 0) is 13.5 Å². The van der Waals surface area contributed by atoms with E-state index >= 15 is 0 Å². The van der Waals surface area contributed by atoms with Crippen LogP contribution in [0.25, 0.3) is 11.1 Å². The lowest BCUT2D eigenvalue weighted by molar-refractivity contribution is 0.352. The molecule has 21 heavy (non-hydrogen) atoms. The van der Waals surface area contributed by atoms with Crippen molar-refractivity contribution in [3.05, 3.63) is 29.1 Å². The van der Waals surface area contributed by atoms with Crippen LogP contribution < -0.4 is 15.2 Å². The molecule has 2 N–H and O–H groups in total. The molecule has 0 aliphatic rings. The molecule has 0 bridgehead atoms. The molecule has 0 unspecified atom stereocenters. The highest BCUT2D eigenvalue weighted by molar-refractivity contribution is 5.73. The lowest BCUT2D eigenvalue weighted by atomic mass is 9.98. The van der Waals surface area contributed by atoms with Gasteiger partial charge in [0.05, 0.1) is 19.9 Å². The summed E-state index contributed by atoms with van der Waals surface area (Å²) >= 11 is 0. The zero-order valence-electron chi connectivity index (χ0n) is 13.4. The van der Waals surface area contributed by atoms with Crippen LogP contribution in [-0.4, -0.2) is 30.5 Å². The molecule has 0 saturated carbocycles. The molecule has 1 heterocycles. The zero-order chi connectivity index (χ0) is 15.6. The minimum absolute atomic E-state index is 0.563. The van der Waals surface area contributed by atoms with Crippen molar-refractivity contribution in [1.29, 1.82) is 0 Å². The lowest BCUT2D eigenvalue weighted by Crippen LogP contribution is -2.05. The Balaban J connectivity index is 2.66. The summed E-state index contributed by atoms with van der Waals surface area (Å²) < 4.78 is 12.8. The third kappa shape index (κ3) is 2.74. The van der Waals surface area contributed by atoms with Gasteiger partial charge >= 0.3 is 0 Å². The van der Waals surface area contributed by atoms with Crippen molar-refractivity contribution in [2.75, 3.05) is 20.8 Å². The van der Waals surface area contributed by atoms with E-state index < -0.39 is 0 Å². The second-order valence-electron chi connectivity index (χ2n) is 5.08. The maximum absolute atomic E-state index is 5.72. The van der Waals surface area contributed by atoms with E-state index in [1.807, 2.05) is 24.7 Å². The highest BCUT2D eigenvalue weighted by Gasteiger charge is 2.17. The lowest BCUT2D eigenvalue weighted by Gasteiger charge is -2.15. The van der Waals surface area contributed by atoms with E-state index in [4.69, 9.17) is 15.2 Å². The number of aromatic nitrogens is 2. The maximum Gasteiger partial charge on any atom is 0.163 e. The van der Waals surface area contributed by atoms with Gasteiger partial charge in [-0.25, -0.2) is 0 Å². The Morgan fingerprint density at radius 1 is 1.19 bits per heavy atom. The normalized spacial score (nSPS) is 10.8. The predicted molar refractivity (Wildman–Crippen MR) is 84.0 cm³/mol. The third-order valence-corrected chi connectivity index (χ3v) is 3.77. The smallest absolute Gasteiger partial charge is 0.163 e. The molecule has 114 valence electrons. The van der Waals surface area contributed by atoms with Gasteiger partial charge in [0.15, 0.2) is 11.5 Å². The maximum atomic E-state index is 5.72.